The third-order valence-corrected chi connectivity index (χ3v) is 16.8. The summed E-state index contributed by atoms with van der Waals surface area (Å²) in [6, 6.07) is 0. The third kappa shape index (κ3) is 4.71. The van der Waals surface area contributed by atoms with Crippen molar-refractivity contribution in [1.29, 1.82) is 0 Å². The Morgan fingerprint density at radius 1 is 0.232 bits per heavy atom. The molecule has 0 unspecified atom stereocenters. The number of aryl methyl sites for hydroxylation is 3. The van der Waals surface area contributed by atoms with E-state index in [-0.39, 0.29) is 0 Å². The SMILES string of the molecule is Bc1c(C)c(B)c2c(c1C)C1=C(C2)c2c(B)c(C)c(-c3c4c(B)c(B)c(B)c(C)c4c(-c4c(C)c(C)c(C)c(C)c4C)c4c(C)c(B)c(B)c(C)c34)c(C)c2C1. The van der Waals surface area contributed by atoms with Crippen molar-refractivity contribution in [1.82, 2.24) is 0 Å². The summed E-state index contributed by atoms with van der Waals surface area (Å²) in [6.07, 6.45) is 2.09. The van der Waals surface area contributed by atoms with Crippen LogP contribution in [0.2, 0.25) is 0 Å². The molecule has 6 aromatic carbocycles. The summed E-state index contributed by atoms with van der Waals surface area (Å²) in [5.74, 6) is 0. The molecule has 2 aliphatic rings. The predicted octanol–water partition coefficient (Wildman–Crippen LogP) is -0.882. The van der Waals surface area contributed by atoms with Crippen molar-refractivity contribution in [3.05, 3.63) is 89.0 Å². The van der Waals surface area contributed by atoms with Gasteiger partial charge in [-0.25, -0.2) is 0 Å². The fraction of sp³-hybridized carbons (Fsp3) is 0.292. The number of allylic oxidation sites excluding steroid dienone is 2. The van der Waals surface area contributed by atoms with E-state index in [9.17, 15) is 0 Å². The molecule has 0 saturated heterocycles. The van der Waals surface area contributed by atoms with Gasteiger partial charge in [-0.1, -0.05) is 43.8 Å². The molecular formula is C48H56B8. The van der Waals surface area contributed by atoms with Crippen LogP contribution in [0, 0.1) is 83.1 Å². The predicted molar refractivity (Wildman–Crippen MR) is 275 cm³/mol. The summed E-state index contributed by atoms with van der Waals surface area (Å²) < 4.78 is 0. The minimum Gasteiger partial charge on any atom is -0.100 e. The molecule has 0 aromatic heterocycles. The van der Waals surface area contributed by atoms with Crippen LogP contribution < -0.4 is 43.7 Å². The van der Waals surface area contributed by atoms with Gasteiger partial charge in [-0.2, -0.15) is 0 Å². The van der Waals surface area contributed by atoms with Gasteiger partial charge in [-0.3, -0.25) is 0 Å². The van der Waals surface area contributed by atoms with Crippen LogP contribution in [-0.4, -0.2) is 62.8 Å². The fourth-order valence-corrected chi connectivity index (χ4v) is 11.8. The molecule has 6 aromatic rings. The monoisotopic (exact) mass is 721 g/mol. The Balaban J connectivity index is 1.60. The lowest BCUT2D eigenvalue weighted by Gasteiger charge is -2.31. The van der Waals surface area contributed by atoms with E-state index in [1.54, 1.807) is 33.4 Å². The van der Waals surface area contributed by atoms with Gasteiger partial charge >= 0.3 is 0 Å². The van der Waals surface area contributed by atoms with Crippen molar-refractivity contribution in [2.75, 3.05) is 0 Å². The Morgan fingerprint density at radius 2 is 0.625 bits per heavy atom. The van der Waals surface area contributed by atoms with Crippen LogP contribution in [0.1, 0.15) is 89.0 Å². The molecule has 0 amide bonds. The Hall–Kier alpha value is -3.90. The first-order valence-corrected chi connectivity index (χ1v) is 21.2. The van der Waals surface area contributed by atoms with E-state index in [1.807, 2.05) is 0 Å². The standard InChI is InChI=1S/C48H56B8/c1-15-16(2)18(4)31(19(5)17(15)3)38-34-23(9)44(52)45(53)24(10)35(34)39(40-36(38)25(11)46(54)48(56)47(40)55)32-20(6)27-13-28-29(37(27)43(51)21(32)7)14-30-33(28)22(8)41(49)26(12)42(30)50/h13-14,49-56H2,1-12H3. The second-order valence-electron chi connectivity index (χ2n) is 18.5. The maximum atomic E-state index is 2.47. The largest absolute Gasteiger partial charge is 0.140 e. The first-order valence-electron chi connectivity index (χ1n) is 21.2. The zero-order valence-electron chi connectivity index (χ0n) is 38.4. The van der Waals surface area contributed by atoms with E-state index in [0.717, 1.165) is 12.8 Å². The molecular weight excluding hydrogens is 663 g/mol. The second kappa shape index (κ2) is 12.8. The first-order chi connectivity index (χ1) is 26.2. The van der Waals surface area contributed by atoms with Crippen LogP contribution in [0.25, 0.3) is 54.9 Å². The molecule has 0 fully saturated rings. The third-order valence-electron chi connectivity index (χ3n) is 16.8. The smallest absolute Gasteiger partial charge is 0.100 e. The highest BCUT2D eigenvalue weighted by Gasteiger charge is 2.37. The lowest BCUT2D eigenvalue weighted by atomic mass is 9.63. The molecule has 0 N–H and O–H groups in total. The molecule has 0 heterocycles. The first kappa shape index (κ1) is 38.9. The Labute approximate surface area is 344 Å². The lowest BCUT2D eigenvalue weighted by molar-refractivity contribution is 1.18. The van der Waals surface area contributed by atoms with Gasteiger partial charge in [0.25, 0.3) is 0 Å². The summed E-state index contributed by atoms with van der Waals surface area (Å²) in [7, 11) is 19.0. The average molecular weight is 719 g/mol. The topological polar surface area (TPSA) is 0 Å². The van der Waals surface area contributed by atoms with Crippen LogP contribution in [-0.2, 0) is 12.8 Å². The van der Waals surface area contributed by atoms with Gasteiger partial charge in [0.15, 0.2) is 0 Å². The number of fused-ring (bicyclic) bond motifs is 6. The number of hydrogen-bond donors (Lipinski definition) is 0. The Bertz CT molecular complexity index is 2830. The molecule has 0 bridgehead atoms. The number of benzene rings is 6. The normalized spacial score (nSPS) is 13.4. The van der Waals surface area contributed by atoms with Crippen molar-refractivity contribution >= 4 is 139 Å². The highest BCUT2D eigenvalue weighted by molar-refractivity contribution is 6.62. The molecule has 0 radical (unpaired) electrons. The molecule has 2 aliphatic carbocycles. The number of rotatable bonds is 2. The van der Waals surface area contributed by atoms with Crippen LogP contribution >= 0.6 is 0 Å². The molecule has 8 heteroatoms. The minimum atomic E-state index is 1.03. The van der Waals surface area contributed by atoms with Crippen molar-refractivity contribution in [3.8, 4) is 22.3 Å². The second-order valence-corrected chi connectivity index (χ2v) is 18.5. The highest BCUT2D eigenvalue weighted by Crippen LogP contribution is 2.52. The van der Waals surface area contributed by atoms with E-state index in [4.69, 9.17) is 0 Å². The summed E-state index contributed by atoms with van der Waals surface area (Å²) in [4.78, 5) is 0. The maximum absolute atomic E-state index is 2.47. The van der Waals surface area contributed by atoms with E-state index >= 15 is 0 Å². The molecule has 0 nitrogen and oxygen atoms in total. The van der Waals surface area contributed by atoms with Crippen molar-refractivity contribution in [3.63, 3.8) is 0 Å². The van der Waals surface area contributed by atoms with Crippen LogP contribution in [0.15, 0.2) is 0 Å². The van der Waals surface area contributed by atoms with Gasteiger partial charge in [0, 0.05) is 0 Å². The summed E-state index contributed by atoms with van der Waals surface area (Å²) in [6.45, 7) is 28.6. The van der Waals surface area contributed by atoms with Gasteiger partial charge < -0.3 is 0 Å². The molecule has 0 saturated carbocycles. The van der Waals surface area contributed by atoms with Gasteiger partial charge in [-0.05, 0) is 234 Å². The quantitative estimate of drug-likeness (QED) is 0.161. The van der Waals surface area contributed by atoms with Crippen molar-refractivity contribution in [2.45, 2.75) is 95.9 Å². The van der Waals surface area contributed by atoms with Crippen molar-refractivity contribution < 1.29 is 0 Å². The summed E-state index contributed by atoms with van der Waals surface area (Å²) in [5, 5.41) is 5.83. The van der Waals surface area contributed by atoms with Crippen molar-refractivity contribution in [2.24, 2.45) is 0 Å². The Kier molecular flexibility index (Phi) is 8.90. The summed E-state index contributed by atoms with van der Waals surface area (Å²) in [5.41, 5.74) is 44.1. The molecule has 0 spiro atoms. The molecule has 0 aliphatic heterocycles. The van der Waals surface area contributed by atoms with Crippen LogP contribution in [0.4, 0.5) is 0 Å². The zero-order chi connectivity index (χ0) is 41.0. The van der Waals surface area contributed by atoms with E-state index in [2.05, 4.69) is 146 Å². The lowest BCUT2D eigenvalue weighted by Crippen LogP contribution is -2.41. The molecule has 0 atom stereocenters. The van der Waals surface area contributed by atoms with Gasteiger partial charge in [-0.15, -0.1) is 5.46 Å². The number of hydrogen-bond acceptors (Lipinski definition) is 0. The zero-order valence-corrected chi connectivity index (χ0v) is 38.4. The minimum absolute atomic E-state index is 1.03. The molecule has 272 valence electrons. The van der Waals surface area contributed by atoms with E-state index < -0.39 is 0 Å². The van der Waals surface area contributed by atoms with Crippen LogP contribution in [0.5, 0.6) is 0 Å². The summed E-state index contributed by atoms with van der Waals surface area (Å²) >= 11 is 0. The van der Waals surface area contributed by atoms with Gasteiger partial charge in [0.05, 0.1) is 0 Å². The Morgan fingerprint density at radius 3 is 1.16 bits per heavy atom. The van der Waals surface area contributed by atoms with E-state index in [0.29, 0.717) is 0 Å². The molecule has 8 rings (SSSR count). The highest BCUT2D eigenvalue weighted by atomic mass is 14.4. The van der Waals surface area contributed by atoms with E-state index in [1.165, 1.54) is 154 Å². The van der Waals surface area contributed by atoms with Crippen LogP contribution in [0.3, 0.4) is 0 Å². The van der Waals surface area contributed by atoms with Gasteiger partial charge in [0.2, 0.25) is 0 Å². The van der Waals surface area contributed by atoms with Gasteiger partial charge in [0.1, 0.15) is 62.8 Å². The molecule has 56 heavy (non-hydrogen) atoms. The average Bonchev–Trinajstić information content (AvgIpc) is 3.73. The fourth-order valence-electron chi connectivity index (χ4n) is 11.8. The maximum Gasteiger partial charge on any atom is 0.140 e.